The Morgan fingerprint density at radius 2 is 2.35 bits per heavy atom. The predicted octanol–water partition coefficient (Wildman–Crippen LogP) is 1.15. The van der Waals surface area contributed by atoms with Crippen molar-refractivity contribution in [2.24, 2.45) is 5.92 Å². The molecule has 6 heteroatoms. The first-order valence-electron chi connectivity index (χ1n) is 5.76. The van der Waals surface area contributed by atoms with Crippen LogP contribution in [0.25, 0.3) is 0 Å². The normalized spacial score (nSPS) is 20.7. The average molecular weight is 253 g/mol. The fourth-order valence-corrected chi connectivity index (χ4v) is 2.66. The summed E-state index contributed by atoms with van der Waals surface area (Å²) in [6, 6.07) is 0. The minimum absolute atomic E-state index is 0.0313. The van der Waals surface area contributed by atoms with Gasteiger partial charge in [0.05, 0.1) is 5.69 Å². The van der Waals surface area contributed by atoms with Crippen molar-refractivity contribution < 1.29 is 9.59 Å². The SMILES string of the molecule is CCc1nnsc1C(=O)N1CCC(=O)C(C)C1. The quantitative estimate of drug-likeness (QED) is 0.793. The van der Waals surface area contributed by atoms with Gasteiger partial charge in [0.2, 0.25) is 0 Å². The predicted molar refractivity (Wildman–Crippen MR) is 64.0 cm³/mol. The third-order valence-electron chi connectivity index (χ3n) is 3.04. The van der Waals surface area contributed by atoms with E-state index >= 15 is 0 Å². The van der Waals surface area contributed by atoms with Crippen molar-refractivity contribution in [1.29, 1.82) is 0 Å². The highest BCUT2D eigenvalue weighted by Gasteiger charge is 2.29. The lowest BCUT2D eigenvalue weighted by atomic mass is 9.98. The van der Waals surface area contributed by atoms with Gasteiger partial charge in [0.25, 0.3) is 5.91 Å². The zero-order valence-corrected chi connectivity index (χ0v) is 10.8. The molecule has 17 heavy (non-hydrogen) atoms. The summed E-state index contributed by atoms with van der Waals surface area (Å²) < 4.78 is 3.82. The third kappa shape index (κ3) is 2.36. The van der Waals surface area contributed by atoms with Crippen LogP contribution in [0.3, 0.4) is 0 Å². The van der Waals surface area contributed by atoms with Crippen LogP contribution in [0.2, 0.25) is 0 Å². The second kappa shape index (κ2) is 4.91. The Morgan fingerprint density at radius 3 is 3.00 bits per heavy atom. The molecule has 0 bridgehead atoms. The van der Waals surface area contributed by atoms with Gasteiger partial charge < -0.3 is 4.90 Å². The summed E-state index contributed by atoms with van der Waals surface area (Å²) in [5, 5.41) is 3.94. The molecule has 92 valence electrons. The van der Waals surface area contributed by atoms with Crippen LogP contribution in [-0.2, 0) is 11.2 Å². The first-order chi connectivity index (χ1) is 8.13. The van der Waals surface area contributed by atoms with Crippen LogP contribution in [0.15, 0.2) is 0 Å². The van der Waals surface area contributed by atoms with Gasteiger partial charge in [0, 0.05) is 25.4 Å². The van der Waals surface area contributed by atoms with E-state index in [9.17, 15) is 9.59 Å². The number of aromatic nitrogens is 2. The van der Waals surface area contributed by atoms with Crippen LogP contribution in [0.1, 0.15) is 35.6 Å². The Labute approximate surface area is 104 Å². The Kier molecular flexibility index (Phi) is 3.51. The smallest absolute Gasteiger partial charge is 0.267 e. The van der Waals surface area contributed by atoms with Crippen LogP contribution in [0.4, 0.5) is 0 Å². The summed E-state index contributed by atoms with van der Waals surface area (Å²) in [5.74, 6) is 0.155. The van der Waals surface area contributed by atoms with E-state index < -0.39 is 0 Å². The summed E-state index contributed by atoms with van der Waals surface area (Å²) in [7, 11) is 0. The molecular weight excluding hydrogens is 238 g/mol. The number of nitrogens with zero attached hydrogens (tertiary/aromatic N) is 3. The first kappa shape index (κ1) is 12.2. The van der Waals surface area contributed by atoms with Crippen LogP contribution in [0, 0.1) is 5.92 Å². The van der Waals surface area contributed by atoms with E-state index in [-0.39, 0.29) is 17.6 Å². The van der Waals surface area contributed by atoms with Crippen LogP contribution >= 0.6 is 11.5 Å². The van der Waals surface area contributed by atoms with Crippen molar-refractivity contribution in [3.05, 3.63) is 10.6 Å². The van der Waals surface area contributed by atoms with Gasteiger partial charge in [-0.25, -0.2) is 0 Å². The van der Waals surface area contributed by atoms with Gasteiger partial charge in [-0.1, -0.05) is 18.3 Å². The largest absolute Gasteiger partial charge is 0.337 e. The van der Waals surface area contributed by atoms with E-state index in [1.165, 1.54) is 0 Å². The van der Waals surface area contributed by atoms with Gasteiger partial charge in [0.1, 0.15) is 10.7 Å². The maximum absolute atomic E-state index is 12.2. The molecular formula is C11H15N3O2S. The summed E-state index contributed by atoms with van der Waals surface area (Å²) in [5.41, 5.74) is 0.754. The number of aryl methyl sites for hydroxylation is 1. The number of piperidine rings is 1. The number of ketones is 1. The molecule has 0 N–H and O–H groups in total. The molecule has 2 heterocycles. The molecule has 0 spiro atoms. The summed E-state index contributed by atoms with van der Waals surface area (Å²) in [4.78, 5) is 26.0. The van der Waals surface area contributed by atoms with Crippen LogP contribution in [-0.4, -0.2) is 39.3 Å². The van der Waals surface area contributed by atoms with Crippen molar-refractivity contribution in [3.63, 3.8) is 0 Å². The molecule has 0 radical (unpaired) electrons. The Bertz CT molecular complexity index is 444. The van der Waals surface area contributed by atoms with E-state index in [1.54, 1.807) is 4.90 Å². The van der Waals surface area contributed by atoms with Crippen molar-refractivity contribution in [2.75, 3.05) is 13.1 Å². The molecule has 1 fully saturated rings. The zero-order valence-electron chi connectivity index (χ0n) is 9.97. The Morgan fingerprint density at radius 1 is 1.59 bits per heavy atom. The number of Topliss-reactive ketones (excluding diaryl/α,β-unsaturated/α-hetero) is 1. The minimum Gasteiger partial charge on any atom is -0.337 e. The fourth-order valence-electron chi connectivity index (χ4n) is 1.95. The lowest BCUT2D eigenvalue weighted by molar-refractivity contribution is -0.124. The Hall–Kier alpha value is -1.30. The molecule has 1 saturated heterocycles. The molecule has 1 aromatic rings. The number of carbonyl (C=O) groups is 2. The minimum atomic E-state index is -0.0568. The van der Waals surface area contributed by atoms with Crippen LogP contribution < -0.4 is 0 Å². The summed E-state index contributed by atoms with van der Waals surface area (Å²) >= 11 is 1.14. The first-order valence-corrected chi connectivity index (χ1v) is 6.54. The number of amides is 1. The lowest BCUT2D eigenvalue weighted by Gasteiger charge is -2.29. The highest BCUT2D eigenvalue weighted by Crippen LogP contribution is 2.19. The van der Waals surface area contributed by atoms with Gasteiger partial charge in [-0.2, -0.15) is 0 Å². The molecule has 0 aromatic carbocycles. The zero-order chi connectivity index (χ0) is 12.4. The topological polar surface area (TPSA) is 63.2 Å². The monoisotopic (exact) mass is 253 g/mol. The fraction of sp³-hybridized carbons (Fsp3) is 0.636. The molecule has 1 aliphatic rings. The molecule has 1 atom stereocenters. The second-order valence-electron chi connectivity index (χ2n) is 4.27. The summed E-state index contributed by atoms with van der Waals surface area (Å²) in [6.07, 6.45) is 1.17. The third-order valence-corrected chi connectivity index (χ3v) is 3.80. The lowest BCUT2D eigenvalue weighted by Crippen LogP contribution is -2.43. The molecule has 5 nitrogen and oxygen atoms in total. The van der Waals surface area contributed by atoms with Gasteiger partial charge in [-0.05, 0) is 18.0 Å². The van der Waals surface area contributed by atoms with E-state index in [4.69, 9.17) is 0 Å². The van der Waals surface area contributed by atoms with E-state index in [0.717, 1.165) is 17.2 Å². The molecule has 1 amide bonds. The maximum atomic E-state index is 12.2. The van der Waals surface area contributed by atoms with Gasteiger partial charge in [-0.15, -0.1) is 5.10 Å². The number of hydrogen-bond donors (Lipinski definition) is 0. The van der Waals surface area contributed by atoms with Gasteiger partial charge >= 0.3 is 0 Å². The molecule has 0 saturated carbocycles. The van der Waals surface area contributed by atoms with Crippen molar-refractivity contribution in [1.82, 2.24) is 14.5 Å². The second-order valence-corrected chi connectivity index (χ2v) is 5.02. The molecule has 1 unspecified atom stereocenters. The molecule has 1 aromatic heterocycles. The molecule has 2 rings (SSSR count). The van der Waals surface area contributed by atoms with Crippen LogP contribution in [0.5, 0.6) is 0 Å². The van der Waals surface area contributed by atoms with Crippen molar-refractivity contribution in [3.8, 4) is 0 Å². The average Bonchev–Trinajstić information content (AvgIpc) is 2.80. The van der Waals surface area contributed by atoms with E-state index in [2.05, 4.69) is 9.59 Å². The number of carbonyl (C=O) groups excluding carboxylic acids is 2. The highest BCUT2D eigenvalue weighted by molar-refractivity contribution is 7.08. The van der Waals surface area contributed by atoms with E-state index in [1.807, 2.05) is 13.8 Å². The van der Waals surface area contributed by atoms with Crippen molar-refractivity contribution >= 4 is 23.2 Å². The number of likely N-dealkylation sites (tertiary alicyclic amines) is 1. The standard InChI is InChI=1S/C11H15N3O2S/c1-3-8-10(17-13-12-8)11(16)14-5-4-9(15)7(2)6-14/h7H,3-6H2,1-2H3. The van der Waals surface area contributed by atoms with Crippen molar-refractivity contribution in [2.45, 2.75) is 26.7 Å². The maximum Gasteiger partial charge on any atom is 0.267 e. The number of hydrogen-bond acceptors (Lipinski definition) is 5. The highest BCUT2D eigenvalue weighted by atomic mass is 32.1. The van der Waals surface area contributed by atoms with Gasteiger partial charge in [-0.3, -0.25) is 9.59 Å². The Balaban J connectivity index is 2.13. The number of rotatable bonds is 2. The summed E-state index contributed by atoms with van der Waals surface area (Å²) in [6.45, 7) is 4.85. The van der Waals surface area contributed by atoms with Gasteiger partial charge in [0.15, 0.2) is 0 Å². The van der Waals surface area contributed by atoms with E-state index in [0.29, 0.717) is 30.8 Å². The molecule has 0 aliphatic carbocycles. The molecule has 1 aliphatic heterocycles.